The lowest BCUT2D eigenvalue weighted by atomic mass is 9.87. The van der Waals surface area contributed by atoms with Gasteiger partial charge in [-0.1, -0.05) is 13.8 Å². The summed E-state index contributed by atoms with van der Waals surface area (Å²) < 4.78 is 9.76. The molecule has 0 aliphatic carbocycles. The van der Waals surface area contributed by atoms with E-state index in [1.807, 2.05) is 13.8 Å². The number of hydrogen-bond acceptors (Lipinski definition) is 4. The molecule has 1 unspecified atom stereocenters. The van der Waals surface area contributed by atoms with E-state index < -0.39 is 5.60 Å². The molecule has 0 aromatic carbocycles. The van der Waals surface area contributed by atoms with E-state index in [4.69, 9.17) is 9.47 Å². The maximum Gasteiger partial charge on any atom is 0.305 e. The minimum atomic E-state index is -0.943. The second-order valence-corrected chi connectivity index (χ2v) is 4.00. The van der Waals surface area contributed by atoms with E-state index in [9.17, 15) is 9.90 Å². The maximum absolute atomic E-state index is 11.1. The summed E-state index contributed by atoms with van der Waals surface area (Å²) in [7, 11) is 1.54. The third-order valence-electron chi connectivity index (χ3n) is 2.54. The summed E-state index contributed by atoms with van der Waals surface area (Å²) in [6, 6.07) is 0. The van der Waals surface area contributed by atoms with Gasteiger partial charge in [0.2, 0.25) is 0 Å². The van der Waals surface area contributed by atoms with Crippen molar-refractivity contribution in [3.8, 4) is 0 Å². The number of esters is 1. The Hall–Kier alpha value is -0.610. The average Bonchev–Trinajstić information content (AvgIpc) is 2.15. The Balaban J connectivity index is 4.12. The number of rotatable bonds is 7. The highest BCUT2D eigenvalue weighted by atomic mass is 16.5. The van der Waals surface area contributed by atoms with Crippen LogP contribution in [0, 0.1) is 5.92 Å². The van der Waals surface area contributed by atoms with Crippen LogP contribution in [-0.4, -0.2) is 37.0 Å². The lowest BCUT2D eigenvalue weighted by Crippen LogP contribution is -2.40. The summed E-state index contributed by atoms with van der Waals surface area (Å²) in [6.07, 6.45) is 0.600. The minimum absolute atomic E-state index is 0.0480. The highest BCUT2D eigenvalue weighted by molar-refractivity contribution is 5.69. The topological polar surface area (TPSA) is 55.8 Å². The first-order chi connectivity index (χ1) is 6.96. The van der Waals surface area contributed by atoms with Crippen LogP contribution < -0.4 is 0 Å². The van der Waals surface area contributed by atoms with Gasteiger partial charge in [0.1, 0.15) is 0 Å². The second kappa shape index (κ2) is 6.80. The fourth-order valence-electron chi connectivity index (χ4n) is 1.33. The summed E-state index contributed by atoms with van der Waals surface area (Å²) in [5.41, 5.74) is -0.943. The lowest BCUT2D eigenvalue weighted by molar-refractivity contribution is -0.146. The van der Waals surface area contributed by atoms with E-state index in [2.05, 4.69) is 0 Å². The lowest BCUT2D eigenvalue weighted by Gasteiger charge is -2.31. The number of aliphatic hydroxyl groups is 1. The van der Waals surface area contributed by atoms with Gasteiger partial charge in [-0.25, -0.2) is 0 Å². The van der Waals surface area contributed by atoms with Crippen LogP contribution in [0.15, 0.2) is 0 Å². The Kier molecular flexibility index (Phi) is 6.52. The van der Waals surface area contributed by atoms with E-state index in [-0.39, 0.29) is 24.9 Å². The predicted molar refractivity (Wildman–Crippen MR) is 57.5 cm³/mol. The van der Waals surface area contributed by atoms with Crippen molar-refractivity contribution in [1.29, 1.82) is 0 Å². The van der Waals surface area contributed by atoms with Gasteiger partial charge in [-0.3, -0.25) is 4.79 Å². The van der Waals surface area contributed by atoms with Crippen molar-refractivity contribution in [2.75, 3.05) is 20.3 Å². The van der Waals surface area contributed by atoms with Crippen LogP contribution in [-0.2, 0) is 14.3 Å². The van der Waals surface area contributed by atoms with Gasteiger partial charge < -0.3 is 14.6 Å². The monoisotopic (exact) mass is 218 g/mol. The van der Waals surface area contributed by atoms with E-state index in [1.54, 1.807) is 6.92 Å². The molecule has 4 nitrogen and oxygen atoms in total. The van der Waals surface area contributed by atoms with Crippen LogP contribution in [0.3, 0.4) is 0 Å². The van der Waals surface area contributed by atoms with Crippen LogP contribution in [0.2, 0.25) is 0 Å². The summed E-state index contributed by atoms with van der Waals surface area (Å²) in [5.74, 6) is -0.223. The van der Waals surface area contributed by atoms with E-state index in [1.165, 1.54) is 7.11 Å². The van der Waals surface area contributed by atoms with Crippen LogP contribution in [0.1, 0.15) is 33.6 Å². The van der Waals surface area contributed by atoms with E-state index >= 15 is 0 Å². The normalized spacial score (nSPS) is 15.1. The molecule has 0 heterocycles. The standard InChI is InChI=1S/C11H22O4/c1-5-15-10(12)6-7-11(13,8-14-4)9(2)3/h9,13H,5-8H2,1-4H3. The zero-order valence-electron chi connectivity index (χ0n) is 10.1. The van der Waals surface area contributed by atoms with Gasteiger partial charge in [0.25, 0.3) is 0 Å². The van der Waals surface area contributed by atoms with Crippen molar-refractivity contribution in [2.45, 2.75) is 39.2 Å². The molecule has 0 amide bonds. The van der Waals surface area contributed by atoms with Gasteiger partial charge in [0.05, 0.1) is 18.8 Å². The molecule has 0 saturated carbocycles. The summed E-state index contributed by atoms with van der Waals surface area (Å²) in [5, 5.41) is 10.2. The molecule has 0 fully saturated rings. The molecule has 90 valence electrons. The Morgan fingerprint density at radius 2 is 2.07 bits per heavy atom. The zero-order valence-corrected chi connectivity index (χ0v) is 10.1. The van der Waals surface area contributed by atoms with Crippen LogP contribution in [0.25, 0.3) is 0 Å². The predicted octanol–water partition coefficient (Wildman–Crippen LogP) is 1.36. The first kappa shape index (κ1) is 14.4. The maximum atomic E-state index is 11.1. The van der Waals surface area contributed by atoms with Crippen LogP contribution in [0.4, 0.5) is 0 Å². The van der Waals surface area contributed by atoms with E-state index in [0.29, 0.717) is 13.0 Å². The van der Waals surface area contributed by atoms with Crippen molar-refractivity contribution >= 4 is 5.97 Å². The highest BCUT2D eigenvalue weighted by Crippen LogP contribution is 2.23. The Labute approximate surface area is 91.6 Å². The zero-order chi connectivity index (χ0) is 11.9. The molecule has 15 heavy (non-hydrogen) atoms. The molecule has 0 aromatic heterocycles. The van der Waals surface area contributed by atoms with E-state index in [0.717, 1.165) is 0 Å². The Morgan fingerprint density at radius 3 is 2.47 bits per heavy atom. The number of methoxy groups -OCH3 is 1. The number of hydrogen-bond donors (Lipinski definition) is 1. The largest absolute Gasteiger partial charge is 0.466 e. The molecule has 0 radical (unpaired) electrons. The molecule has 0 rings (SSSR count). The summed E-state index contributed by atoms with van der Waals surface area (Å²) in [4.78, 5) is 11.1. The Bertz CT molecular complexity index is 191. The van der Waals surface area contributed by atoms with Gasteiger partial charge in [0.15, 0.2) is 0 Å². The molecular weight excluding hydrogens is 196 g/mol. The van der Waals surface area contributed by atoms with Crippen LogP contribution >= 0.6 is 0 Å². The van der Waals surface area contributed by atoms with Gasteiger partial charge in [-0.2, -0.15) is 0 Å². The molecular formula is C11H22O4. The number of ether oxygens (including phenoxy) is 2. The van der Waals surface area contributed by atoms with Gasteiger partial charge >= 0.3 is 5.97 Å². The number of carbonyl (C=O) groups excluding carboxylic acids is 1. The molecule has 1 N–H and O–H groups in total. The Morgan fingerprint density at radius 1 is 1.47 bits per heavy atom. The fourth-order valence-corrected chi connectivity index (χ4v) is 1.33. The van der Waals surface area contributed by atoms with Crippen molar-refractivity contribution in [3.63, 3.8) is 0 Å². The van der Waals surface area contributed by atoms with Crippen molar-refractivity contribution < 1.29 is 19.4 Å². The molecule has 0 aliphatic heterocycles. The molecule has 1 atom stereocenters. The quantitative estimate of drug-likeness (QED) is 0.656. The minimum Gasteiger partial charge on any atom is -0.466 e. The average molecular weight is 218 g/mol. The second-order valence-electron chi connectivity index (χ2n) is 4.00. The molecule has 0 aliphatic rings. The summed E-state index contributed by atoms with van der Waals surface area (Å²) in [6.45, 7) is 6.20. The van der Waals surface area contributed by atoms with Gasteiger partial charge in [-0.15, -0.1) is 0 Å². The molecule has 0 bridgehead atoms. The third-order valence-corrected chi connectivity index (χ3v) is 2.54. The first-order valence-corrected chi connectivity index (χ1v) is 5.33. The third kappa shape index (κ3) is 5.14. The highest BCUT2D eigenvalue weighted by Gasteiger charge is 2.31. The van der Waals surface area contributed by atoms with Crippen molar-refractivity contribution in [2.24, 2.45) is 5.92 Å². The molecule has 0 saturated heterocycles. The fraction of sp³-hybridized carbons (Fsp3) is 0.909. The van der Waals surface area contributed by atoms with Crippen molar-refractivity contribution in [1.82, 2.24) is 0 Å². The molecule has 4 heteroatoms. The molecule has 0 spiro atoms. The SMILES string of the molecule is CCOC(=O)CCC(O)(COC)C(C)C. The van der Waals surface area contributed by atoms with Crippen LogP contribution in [0.5, 0.6) is 0 Å². The first-order valence-electron chi connectivity index (χ1n) is 5.33. The number of carbonyl (C=O) groups is 1. The summed E-state index contributed by atoms with van der Waals surface area (Å²) >= 11 is 0. The molecule has 0 aromatic rings. The smallest absolute Gasteiger partial charge is 0.305 e. The van der Waals surface area contributed by atoms with Gasteiger partial charge in [-0.05, 0) is 19.3 Å². The van der Waals surface area contributed by atoms with Crippen molar-refractivity contribution in [3.05, 3.63) is 0 Å². The van der Waals surface area contributed by atoms with Gasteiger partial charge in [0, 0.05) is 13.5 Å².